The molecule has 164 valence electrons. The van der Waals surface area contributed by atoms with Gasteiger partial charge in [-0.15, -0.1) is 11.3 Å². The maximum atomic E-state index is 12.5. The van der Waals surface area contributed by atoms with Gasteiger partial charge in [-0.2, -0.15) is 4.98 Å². The van der Waals surface area contributed by atoms with Gasteiger partial charge in [0.2, 0.25) is 23.5 Å². The summed E-state index contributed by atoms with van der Waals surface area (Å²) in [5.41, 5.74) is 0. The molecule has 2 aromatic heterocycles. The third-order valence-electron chi connectivity index (χ3n) is 4.93. The molecule has 0 spiro atoms. The number of piperazine rings is 1. The van der Waals surface area contributed by atoms with Gasteiger partial charge in [0.25, 0.3) is 0 Å². The van der Waals surface area contributed by atoms with Crippen molar-refractivity contribution in [3.8, 4) is 10.7 Å². The van der Waals surface area contributed by atoms with Crippen LogP contribution in [0.1, 0.15) is 25.2 Å². The van der Waals surface area contributed by atoms with Crippen molar-refractivity contribution in [3.63, 3.8) is 0 Å². The first-order valence-electron chi connectivity index (χ1n) is 10.3. The van der Waals surface area contributed by atoms with E-state index in [1.807, 2.05) is 22.4 Å². The van der Waals surface area contributed by atoms with E-state index in [2.05, 4.69) is 20.4 Å². The number of nitrogens with zero attached hydrogens (tertiary/aromatic N) is 4. The molecule has 3 rings (SSSR count). The topological polar surface area (TPSA) is 101 Å². The highest BCUT2D eigenvalue weighted by molar-refractivity contribution is 7.13. The number of thiophene rings is 1. The Morgan fingerprint density at radius 3 is 2.83 bits per heavy atom. The minimum atomic E-state index is 0.0207. The third kappa shape index (κ3) is 6.89. The summed E-state index contributed by atoms with van der Waals surface area (Å²) in [4.78, 5) is 33.7. The maximum absolute atomic E-state index is 12.5. The highest BCUT2D eigenvalue weighted by atomic mass is 32.1. The molecule has 9 nitrogen and oxygen atoms in total. The zero-order valence-electron chi connectivity index (χ0n) is 17.3. The molecule has 0 unspecified atom stereocenters. The van der Waals surface area contributed by atoms with Crippen LogP contribution < -0.4 is 5.32 Å². The van der Waals surface area contributed by atoms with Crippen molar-refractivity contribution in [1.29, 1.82) is 0 Å². The summed E-state index contributed by atoms with van der Waals surface area (Å²) in [6.45, 7) is 4.37. The minimum absolute atomic E-state index is 0.0207. The molecule has 1 N–H and O–H groups in total. The number of aromatic nitrogens is 2. The molecule has 0 atom stereocenters. The molecule has 3 heterocycles. The van der Waals surface area contributed by atoms with Gasteiger partial charge >= 0.3 is 0 Å². The Morgan fingerprint density at radius 2 is 2.10 bits per heavy atom. The van der Waals surface area contributed by atoms with Crippen molar-refractivity contribution in [2.45, 2.75) is 25.7 Å². The fourth-order valence-electron chi connectivity index (χ4n) is 3.27. The highest BCUT2D eigenvalue weighted by Gasteiger charge is 2.22. The number of rotatable bonds is 11. The molecule has 0 radical (unpaired) electrons. The average molecular weight is 436 g/mol. The Balaban J connectivity index is 1.30. The molecule has 0 aliphatic carbocycles. The minimum Gasteiger partial charge on any atom is -0.385 e. The number of hydrogen-bond donors (Lipinski definition) is 1. The van der Waals surface area contributed by atoms with Gasteiger partial charge < -0.3 is 19.5 Å². The van der Waals surface area contributed by atoms with Crippen LogP contribution in [-0.2, 0) is 20.7 Å². The van der Waals surface area contributed by atoms with E-state index < -0.39 is 0 Å². The summed E-state index contributed by atoms with van der Waals surface area (Å²) < 4.78 is 10.2. The van der Waals surface area contributed by atoms with Crippen molar-refractivity contribution in [2.24, 2.45) is 0 Å². The Labute approximate surface area is 180 Å². The van der Waals surface area contributed by atoms with E-state index in [4.69, 9.17) is 9.26 Å². The van der Waals surface area contributed by atoms with E-state index in [9.17, 15) is 9.59 Å². The Bertz CT molecular complexity index is 787. The van der Waals surface area contributed by atoms with Crippen molar-refractivity contribution in [3.05, 3.63) is 23.4 Å². The number of ether oxygens (including phenoxy) is 1. The fourth-order valence-corrected chi connectivity index (χ4v) is 3.92. The smallest absolute Gasteiger partial charge is 0.234 e. The summed E-state index contributed by atoms with van der Waals surface area (Å²) in [6.07, 6.45) is 2.53. The lowest BCUT2D eigenvalue weighted by molar-refractivity contribution is -0.133. The van der Waals surface area contributed by atoms with Crippen LogP contribution in [0, 0.1) is 0 Å². The maximum Gasteiger partial charge on any atom is 0.234 e. The first-order valence-corrected chi connectivity index (χ1v) is 11.2. The lowest BCUT2D eigenvalue weighted by Gasteiger charge is -2.34. The first kappa shape index (κ1) is 22.4. The molecule has 0 saturated carbocycles. The predicted octanol–water partition coefficient (Wildman–Crippen LogP) is 1.42. The normalized spacial score (nSPS) is 14.8. The Hall–Kier alpha value is -2.30. The molecule has 1 aliphatic rings. The van der Waals surface area contributed by atoms with Crippen molar-refractivity contribution < 1.29 is 18.8 Å². The second kappa shape index (κ2) is 11.8. The van der Waals surface area contributed by atoms with E-state index in [0.717, 1.165) is 11.3 Å². The summed E-state index contributed by atoms with van der Waals surface area (Å²) in [6, 6.07) is 3.90. The van der Waals surface area contributed by atoms with Gasteiger partial charge in [0.05, 0.1) is 11.4 Å². The number of aryl methyl sites for hydroxylation is 1. The quantitative estimate of drug-likeness (QED) is 0.533. The number of carbonyl (C=O) groups is 2. The molecular weight excluding hydrogens is 406 g/mol. The van der Waals surface area contributed by atoms with E-state index in [0.29, 0.717) is 76.9 Å². The monoisotopic (exact) mass is 435 g/mol. The van der Waals surface area contributed by atoms with Gasteiger partial charge in [-0.3, -0.25) is 14.5 Å². The van der Waals surface area contributed by atoms with Gasteiger partial charge in [0.15, 0.2) is 0 Å². The van der Waals surface area contributed by atoms with E-state index in [-0.39, 0.29) is 11.8 Å². The van der Waals surface area contributed by atoms with Crippen LogP contribution >= 0.6 is 11.3 Å². The van der Waals surface area contributed by atoms with Crippen LogP contribution in [-0.4, -0.2) is 84.7 Å². The second-order valence-electron chi connectivity index (χ2n) is 7.20. The lowest BCUT2D eigenvalue weighted by atomic mass is 10.2. The van der Waals surface area contributed by atoms with Crippen LogP contribution in [0.25, 0.3) is 10.7 Å². The number of hydrogen-bond acceptors (Lipinski definition) is 8. The van der Waals surface area contributed by atoms with E-state index >= 15 is 0 Å². The average Bonchev–Trinajstić information content (AvgIpc) is 3.43. The summed E-state index contributed by atoms with van der Waals surface area (Å²) in [7, 11) is 1.65. The molecule has 1 fully saturated rings. The van der Waals surface area contributed by atoms with Crippen molar-refractivity contribution in [1.82, 2.24) is 25.3 Å². The second-order valence-corrected chi connectivity index (χ2v) is 8.14. The number of nitrogens with one attached hydrogen (secondary N) is 1. The van der Waals surface area contributed by atoms with Gasteiger partial charge in [0, 0.05) is 59.3 Å². The molecule has 2 amide bonds. The predicted molar refractivity (Wildman–Crippen MR) is 113 cm³/mol. The van der Waals surface area contributed by atoms with Crippen LogP contribution in [0.5, 0.6) is 0 Å². The first-order chi connectivity index (χ1) is 14.7. The standard InChI is InChI=1S/C20H29N5O4S/c1-28-13-4-8-21-17(26)15-24-9-11-25(12-10-24)19(27)7-2-6-18-22-20(23-29-18)16-5-3-14-30-16/h3,5,14H,2,4,6-13,15H2,1H3,(H,21,26). The molecule has 1 aliphatic heterocycles. The number of carbonyl (C=O) groups excluding carboxylic acids is 2. The van der Waals surface area contributed by atoms with Gasteiger partial charge in [-0.1, -0.05) is 11.2 Å². The highest BCUT2D eigenvalue weighted by Crippen LogP contribution is 2.21. The Kier molecular flexibility index (Phi) is 8.79. The largest absolute Gasteiger partial charge is 0.385 e. The van der Waals surface area contributed by atoms with Crippen molar-refractivity contribution >= 4 is 23.2 Å². The van der Waals surface area contributed by atoms with E-state index in [1.54, 1.807) is 18.4 Å². The molecule has 0 bridgehead atoms. The van der Waals surface area contributed by atoms with Crippen LogP contribution in [0.2, 0.25) is 0 Å². The van der Waals surface area contributed by atoms with Gasteiger partial charge in [-0.05, 0) is 24.3 Å². The molecule has 10 heteroatoms. The van der Waals surface area contributed by atoms with Crippen LogP contribution in [0.4, 0.5) is 0 Å². The molecule has 30 heavy (non-hydrogen) atoms. The lowest BCUT2D eigenvalue weighted by Crippen LogP contribution is -2.51. The molecule has 2 aromatic rings. The molecule has 1 saturated heterocycles. The molecular formula is C20H29N5O4S. The number of methoxy groups -OCH3 is 1. The summed E-state index contributed by atoms with van der Waals surface area (Å²) in [5, 5.41) is 8.85. The fraction of sp³-hybridized carbons (Fsp3) is 0.600. The van der Waals surface area contributed by atoms with Crippen molar-refractivity contribution in [2.75, 3.05) is 53.0 Å². The zero-order valence-corrected chi connectivity index (χ0v) is 18.2. The third-order valence-corrected chi connectivity index (χ3v) is 5.80. The van der Waals surface area contributed by atoms with Gasteiger partial charge in [-0.25, -0.2) is 0 Å². The van der Waals surface area contributed by atoms with Crippen LogP contribution in [0.3, 0.4) is 0 Å². The zero-order chi connectivity index (χ0) is 21.2. The SMILES string of the molecule is COCCCNC(=O)CN1CCN(C(=O)CCCc2nc(-c3cccs3)no2)CC1. The Morgan fingerprint density at radius 1 is 1.27 bits per heavy atom. The summed E-state index contributed by atoms with van der Waals surface area (Å²) in [5.74, 6) is 1.32. The number of amides is 2. The molecule has 0 aromatic carbocycles. The van der Waals surface area contributed by atoms with E-state index in [1.165, 1.54) is 0 Å². The summed E-state index contributed by atoms with van der Waals surface area (Å²) >= 11 is 1.57. The van der Waals surface area contributed by atoms with Crippen LogP contribution in [0.15, 0.2) is 22.0 Å². The van der Waals surface area contributed by atoms with Gasteiger partial charge in [0.1, 0.15) is 0 Å².